The first kappa shape index (κ1) is 18.4. The van der Waals surface area contributed by atoms with Crippen molar-refractivity contribution < 1.29 is 19.0 Å². The summed E-state index contributed by atoms with van der Waals surface area (Å²) in [5.41, 5.74) is 1.81. The monoisotopic (exact) mass is 320 g/mol. The van der Waals surface area contributed by atoms with Gasteiger partial charge < -0.3 is 14.4 Å². The number of nitrogens with zero attached hydrogens (tertiary/aromatic N) is 2. The highest BCUT2D eigenvalue weighted by Crippen LogP contribution is 2.27. The molecule has 0 unspecified atom stereocenters. The van der Waals surface area contributed by atoms with Gasteiger partial charge in [0.25, 0.3) is 0 Å². The number of carboxylic acids is 1. The number of carboxylic acid groups (broad SMARTS) is 1. The fourth-order valence-corrected chi connectivity index (χ4v) is 2.36. The lowest BCUT2D eigenvalue weighted by molar-refractivity contribution is -0.137. The number of carbonyl (C=O) groups is 1. The van der Waals surface area contributed by atoms with Gasteiger partial charge in [-0.25, -0.2) is 4.39 Å². The SMILES string of the molecule is C=COC(=NC)c1c(C)c2cc(F)ccc2n1CC(=O)O.CC. The highest BCUT2D eigenvalue weighted by molar-refractivity contribution is 6.02. The van der Waals surface area contributed by atoms with Crippen molar-refractivity contribution in [3.05, 3.63) is 48.1 Å². The quantitative estimate of drug-likeness (QED) is 0.530. The van der Waals surface area contributed by atoms with Crippen molar-refractivity contribution in [2.75, 3.05) is 7.05 Å². The summed E-state index contributed by atoms with van der Waals surface area (Å²) >= 11 is 0. The maximum absolute atomic E-state index is 13.4. The van der Waals surface area contributed by atoms with E-state index in [0.717, 1.165) is 0 Å². The summed E-state index contributed by atoms with van der Waals surface area (Å²) in [5.74, 6) is -1.16. The van der Waals surface area contributed by atoms with Crippen molar-refractivity contribution >= 4 is 22.8 Å². The van der Waals surface area contributed by atoms with Gasteiger partial charge >= 0.3 is 5.97 Å². The van der Waals surface area contributed by atoms with Crippen LogP contribution in [0.3, 0.4) is 0 Å². The van der Waals surface area contributed by atoms with Crippen LogP contribution in [-0.2, 0) is 16.1 Å². The number of hydrogen-bond acceptors (Lipinski definition) is 3. The normalized spacial score (nSPS) is 10.9. The molecule has 1 aromatic carbocycles. The molecule has 0 aliphatic heterocycles. The summed E-state index contributed by atoms with van der Waals surface area (Å²) in [7, 11) is 1.53. The minimum absolute atomic E-state index is 0.236. The van der Waals surface area contributed by atoms with E-state index in [4.69, 9.17) is 9.84 Å². The van der Waals surface area contributed by atoms with Crippen LogP contribution < -0.4 is 0 Å². The number of aryl methyl sites for hydroxylation is 1. The first-order valence-electron chi connectivity index (χ1n) is 7.24. The summed E-state index contributed by atoms with van der Waals surface area (Å²) in [6, 6.07) is 4.21. The van der Waals surface area contributed by atoms with Crippen molar-refractivity contribution in [3.63, 3.8) is 0 Å². The number of aliphatic imine (C=N–C) groups is 1. The maximum Gasteiger partial charge on any atom is 0.323 e. The number of hydrogen-bond donors (Lipinski definition) is 1. The summed E-state index contributed by atoms with van der Waals surface area (Å²) in [6.07, 6.45) is 1.21. The molecule has 124 valence electrons. The van der Waals surface area contributed by atoms with Gasteiger partial charge in [0.2, 0.25) is 5.90 Å². The van der Waals surface area contributed by atoms with Crippen LogP contribution in [0.2, 0.25) is 0 Å². The molecule has 1 heterocycles. The second-order valence-electron chi connectivity index (χ2n) is 4.43. The Bertz CT molecular complexity index is 748. The Hall–Kier alpha value is -2.63. The van der Waals surface area contributed by atoms with Crippen LogP contribution in [0.15, 0.2) is 36.0 Å². The van der Waals surface area contributed by atoms with Gasteiger partial charge in [-0.05, 0) is 30.7 Å². The van der Waals surface area contributed by atoms with Crippen LogP contribution in [-0.4, -0.2) is 28.6 Å². The van der Waals surface area contributed by atoms with Gasteiger partial charge in [-0.3, -0.25) is 9.79 Å². The highest BCUT2D eigenvalue weighted by atomic mass is 19.1. The molecular weight excluding hydrogens is 299 g/mol. The molecule has 2 rings (SSSR count). The Kier molecular flexibility index (Phi) is 6.50. The molecule has 2 aromatic rings. The van der Waals surface area contributed by atoms with E-state index in [-0.39, 0.29) is 18.3 Å². The predicted octanol–water partition coefficient (Wildman–Crippen LogP) is 3.74. The third-order valence-electron chi connectivity index (χ3n) is 3.17. The van der Waals surface area contributed by atoms with E-state index < -0.39 is 5.97 Å². The molecule has 0 fully saturated rings. The number of benzene rings is 1. The lowest BCUT2D eigenvalue weighted by Crippen LogP contribution is -2.17. The molecule has 1 N–H and O–H groups in total. The molecule has 5 nitrogen and oxygen atoms in total. The van der Waals surface area contributed by atoms with Gasteiger partial charge in [0.15, 0.2) is 0 Å². The van der Waals surface area contributed by atoms with Crippen molar-refractivity contribution in [1.29, 1.82) is 0 Å². The number of aliphatic carboxylic acids is 1. The van der Waals surface area contributed by atoms with E-state index in [9.17, 15) is 9.18 Å². The first-order chi connectivity index (χ1) is 11.0. The molecule has 0 radical (unpaired) electrons. The van der Waals surface area contributed by atoms with E-state index in [2.05, 4.69) is 11.6 Å². The zero-order valence-electron chi connectivity index (χ0n) is 13.8. The molecule has 0 atom stereocenters. The van der Waals surface area contributed by atoms with Gasteiger partial charge in [0, 0.05) is 18.0 Å². The molecule has 0 spiro atoms. The third-order valence-corrected chi connectivity index (χ3v) is 3.17. The predicted molar refractivity (Wildman–Crippen MR) is 89.4 cm³/mol. The Balaban J connectivity index is 0.00000127. The fourth-order valence-electron chi connectivity index (χ4n) is 2.36. The van der Waals surface area contributed by atoms with E-state index in [1.165, 1.54) is 30.0 Å². The Morgan fingerprint density at radius 3 is 2.65 bits per heavy atom. The Labute approximate surface area is 134 Å². The molecule has 0 bridgehead atoms. The second-order valence-corrected chi connectivity index (χ2v) is 4.43. The van der Waals surface area contributed by atoms with Gasteiger partial charge in [-0.15, -0.1) is 0 Å². The van der Waals surface area contributed by atoms with Gasteiger partial charge in [-0.2, -0.15) is 0 Å². The molecule has 0 aliphatic rings. The van der Waals surface area contributed by atoms with Crippen LogP contribution in [0.4, 0.5) is 4.39 Å². The molecule has 0 saturated heterocycles. The smallest absolute Gasteiger partial charge is 0.323 e. The van der Waals surface area contributed by atoms with Crippen LogP contribution in [0.1, 0.15) is 25.1 Å². The van der Waals surface area contributed by atoms with Crippen molar-refractivity contribution in [3.8, 4) is 0 Å². The lowest BCUT2D eigenvalue weighted by Gasteiger charge is -2.10. The molecule has 0 amide bonds. The molecule has 1 aromatic heterocycles. The summed E-state index contributed by atoms with van der Waals surface area (Å²) in [4.78, 5) is 15.1. The zero-order chi connectivity index (χ0) is 17.6. The number of fused-ring (bicyclic) bond motifs is 1. The number of aromatic nitrogens is 1. The van der Waals surface area contributed by atoms with Crippen molar-refractivity contribution in [2.24, 2.45) is 4.99 Å². The first-order valence-corrected chi connectivity index (χ1v) is 7.24. The van der Waals surface area contributed by atoms with Gasteiger partial charge in [0.05, 0.1) is 6.26 Å². The lowest BCUT2D eigenvalue weighted by atomic mass is 10.1. The third kappa shape index (κ3) is 3.77. The maximum atomic E-state index is 13.4. The summed E-state index contributed by atoms with van der Waals surface area (Å²) in [6.45, 7) is 8.97. The number of rotatable bonds is 4. The fraction of sp³-hybridized carbons (Fsp3) is 0.294. The minimum Gasteiger partial charge on any atom is -0.480 e. The van der Waals surface area contributed by atoms with Gasteiger partial charge in [0.1, 0.15) is 18.1 Å². The highest BCUT2D eigenvalue weighted by Gasteiger charge is 2.21. The second kappa shape index (κ2) is 8.12. The molecule has 6 heteroatoms. The van der Waals surface area contributed by atoms with E-state index in [1.807, 2.05) is 13.8 Å². The van der Waals surface area contributed by atoms with Crippen LogP contribution in [0.5, 0.6) is 0 Å². The Morgan fingerprint density at radius 2 is 2.13 bits per heavy atom. The molecule has 23 heavy (non-hydrogen) atoms. The molecule has 0 aliphatic carbocycles. The summed E-state index contributed by atoms with van der Waals surface area (Å²) < 4.78 is 20.2. The molecular formula is C17H21FN2O3. The van der Waals surface area contributed by atoms with E-state index >= 15 is 0 Å². The molecule has 0 saturated carbocycles. The number of halogens is 1. The van der Waals surface area contributed by atoms with E-state index in [0.29, 0.717) is 22.2 Å². The van der Waals surface area contributed by atoms with Crippen LogP contribution >= 0.6 is 0 Å². The van der Waals surface area contributed by atoms with Crippen molar-refractivity contribution in [1.82, 2.24) is 4.57 Å². The van der Waals surface area contributed by atoms with E-state index in [1.54, 1.807) is 13.0 Å². The summed E-state index contributed by atoms with van der Waals surface area (Å²) in [5, 5.41) is 9.73. The average Bonchev–Trinajstić information content (AvgIpc) is 2.79. The van der Waals surface area contributed by atoms with Crippen LogP contribution in [0.25, 0.3) is 10.9 Å². The average molecular weight is 320 g/mol. The standard InChI is InChI=1S/C15H15FN2O3.C2H6/c1-4-21-15(17-3)14-9(2)11-7-10(16)5-6-12(11)18(14)8-13(19)20;1-2/h4-7H,1,8H2,2-3H3,(H,19,20);1-2H3. The van der Waals surface area contributed by atoms with Gasteiger partial charge in [-0.1, -0.05) is 20.4 Å². The largest absolute Gasteiger partial charge is 0.480 e. The Morgan fingerprint density at radius 1 is 1.48 bits per heavy atom. The number of ether oxygens (including phenoxy) is 1. The topological polar surface area (TPSA) is 63.8 Å². The minimum atomic E-state index is -1.01. The van der Waals surface area contributed by atoms with Crippen LogP contribution in [0, 0.1) is 12.7 Å². The van der Waals surface area contributed by atoms with Crippen molar-refractivity contribution in [2.45, 2.75) is 27.3 Å². The zero-order valence-corrected chi connectivity index (χ0v) is 13.8.